The normalized spacial score (nSPS) is 11.3. The quantitative estimate of drug-likeness (QED) is 0.184. The first-order chi connectivity index (χ1) is 24.3. The molecule has 0 aliphatic rings. The second-order valence-electron chi connectivity index (χ2n) is 12.0. The van der Waals surface area contributed by atoms with Crippen LogP contribution >= 0.6 is 0 Å². The maximum absolute atomic E-state index is 5.25. The highest BCUT2D eigenvalue weighted by atomic mass is 15.1. The van der Waals surface area contributed by atoms with Crippen LogP contribution in [0.5, 0.6) is 0 Å². The molecule has 0 saturated heterocycles. The Bertz CT molecular complexity index is 2480. The van der Waals surface area contributed by atoms with Crippen molar-refractivity contribution < 1.29 is 0 Å². The summed E-state index contributed by atoms with van der Waals surface area (Å²) >= 11 is 0. The fourth-order valence-electron chi connectivity index (χ4n) is 6.62. The number of nitrogens with zero attached hydrogens (tertiary/aromatic N) is 5. The van der Waals surface area contributed by atoms with Crippen molar-refractivity contribution in [2.24, 2.45) is 0 Å². The Morgan fingerprint density at radius 2 is 0.959 bits per heavy atom. The Balaban J connectivity index is 1.25. The Labute approximate surface area is 283 Å². The fourth-order valence-corrected chi connectivity index (χ4v) is 6.62. The van der Waals surface area contributed by atoms with Crippen LogP contribution in [0.25, 0.3) is 83.8 Å². The maximum atomic E-state index is 5.25. The third-order valence-electron chi connectivity index (χ3n) is 8.93. The lowest BCUT2D eigenvalue weighted by Gasteiger charge is -2.14. The lowest BCUT2D eigenvalue weighted by atomic mass is 9.93. The highest BCUT2D eigenvalue weighted by Gasteiger charge is 2.16. The minimum absolute atomic E-state index is 0.772. The zero-order chi connectivity index (χ0) is 32.6. The van der Waals surface area contributed by atoms with Gasteiger partial charge >= 0.3 is 0 Å². The molecule has 0 saturated carbocycles. The van der Waals surface area contributed by atoms with Gasteiger partial charge in [0.2, 0.25) is 0 Å². The van der Waals surface area contributed by atoms with Crippen molar-refractivity contribution in [1.82, 2.24) is 24.5 Å². The monoisotopic (exact) mass is 627 g/mol. The maximum Gasteiger partial charge on any atom is 0.138 e. The largest absolute Gasteiger partial charge is 0.294 e. The van der Waals surface area contributed by atoms with E-state index in [4.69, 9.17) is 9.97 Å². The van der Waals surface area contributed by atoms with Crippen LogP contribution in [0, 0.1) is 0 Å². The first-order valence-corrected chi connectivity index (χ1v) is 16.3. The lowest BCUT2D eigenvalue weighted by Crippen LogP contribution is -2.00. The number of pyridine rings is 4. The van der Waals surface area contributed by atoms with E-state index in [2.05, 4.69) is 142 Å². The molecule has 230 valence electrons. The third kappa shape index (κ3) is 5.33. The Morgan fingerprint density at radius 3 is 1.67 bits per heavy atom. The van der Waals surface area contributed by atoms with Crippen LogP contribution in [0.3, 0.4) is 0 Å². The zero-order valence-corrected chi connectivity index (χ0v) is 26.5. The molecule has 0 atom stereocenters. The molecule has 9 rings (SSSR count). The molecule has 9 aromatic rings. The van der Waals surface area contributed by atoms with Crippen LogP contribution in [0.2, 0.25) is 0 Å². The summed E-state index contributed by atoms with van der Waals surface area (Å²) in [5.74, 6) is 0.818. The number of benzene rings is 4. The average molecular weight is 628 g/mol. The minimum Gasteiger partial charge on any atom is -0.294 e. The van der Waals surface area contributed by atoms with Crippen molar-refractivity contribution in [2.75, 3.05) is 0 Å². The van der Waals surface area contributed by atoms with Gasteiger partial charge in [-0.25, -0.2) is 9.97 Å². The first kappa shape index (κ1) is 28.5. The second kappa shape index (κ2) is 12.1. The van der Waals surface area contributed by atoms with Crippen molar-refractivity contribution in [3.05, 3.63) is 176 Å². The topological polar surface area (TPSA) is 56.5 Å². The smallest absolute Gasteiger partial charge is 0.138 e. The van der Waals surface area contributed by atoms with Crippen LogP contribution < -0.4 is 0 Å². The van der Waals surface area contributed by atoms with Gasteiger partial charge in [0.25, 0.3) is 0 Å². The van der Waals surface area contributed by atoms with E-state index >= 15 is 0 Å². The van der Waals surface area contributed by atoms with Crippen LogP contribution in [-0.4, -0.2) is 24.5 Å². The highest BCUT2D eigenvalue weighted by Crippen LogP contribution is 2.36. The summed E-state index contributed by atoms with van der Waals surface area (Å²) in [4.78, 5) is 19.5. The van der Waals surface area contributed by atoms with E-state index in [0.717, 1.165) is 83.8 Å². The van der Waals surface area contributed by atoms with E-state index in [0.29, 0.717) is 0 Å². The number of fused-ring (bicyclic) bond motifs is 3. The van der Waals surface area contributed by atoms with Gasteiger partial charge in [-0.1, -0.05) is 91.0 Å². The molecule has 0 bridgehead atoms. The molecule has 4 aromatic carbocycles. The predicted octanol–water partition coefficient (Wildman–Crippen LogP) is 10.7. The molecule has 0 aliphatic heterocycles. The van der Waals surface area contributed by atoms with Gasteiger partial charge in [0, 0.05) is 29.4 Å². The summed E-state index contributed by atoms with van der Waals surface area (Å²) in [7, 11) is 0. The van der Waals surface area contributed by atoms with Crippen LogP contribution in [0.1, 0.15) is 0 Å². The van der Waals surface area contributed by atoms with Crippen LogP contribution in [0.4, 0.5) is 0 Å². The zero-order valence-electron chi connectivity index (χ0n) is 26.5. The first-order valence-electron chi connectivity index (χ1n) is 16.3. The van der Waals surface area contributed by atoms with Gasteiger partial charge in [-0.15, -0.1) is 0 Å². The lowest BCUT2D eigenvalue weighted by molar-refractivity contribution is 1.07. The van der Waals surface area contributed by atoms with Crippen molar-refractivity contribution in [3.63, 3.8) is 0 Å². The van der Waals surface area contributed by atoms with Gasteiger partial charge in [0.05, 0.1) is 33.8 Å². The molecule has 0 spiro atoms. The van der Waals surface area contributed by atoms with Crippen LogP contribution in [-0.2, 0) is 0 Å². The summed E-state index contributed by atoms with van der Waals surface area (Å²) in [5.41, 5.74) is 12.0. The van der Waals surface area contributed by atoms with E-state index in [9.17, 15) is 0 Å². The molecular formula is C44H29N5. The number of hydrogen-bond acceptors (Lipinski definition) is 4. The van der Waals surface area contributed by atoms with Gasteiger partial charge in [0.15, 0.2) is 0 Å². The van der Waals surface area contributed by atoms with Crippen molar-refractivity contribution in [2.45, 2.75) is 0 Å². The summed E-state index contributed by atoms with van der Waals surface area (Å²) in [6.07, 6.45) is 5.57. The van der Waals surface area contributed by atoms with Gasteiger partial charge < -0.3 is 0 Å². The molecule has 49 heavy (non-hydrogen) atoms. The molecule has 0 amide bonds. The minimum atomic E-state index is 0.772. The Morgan fingerprint density at radius 1 is 0.367 bits per heavy atom. The molecule has 5 heteroatoms. The van der Waals surface area contributed by atoms with E-state index < -0.39 is 0 Å². The average Bonchev–Trinajstić information content (AvgIpc) is 3.53. The number of aromatic nitrogens is 5. The van der Waals surface area contributed by atoms with E-state index in [1.54, 1.807) is 0 Å². The van der Waals surface area contributed by atoms with E-state index in [1.807, 2.05) is 48.9 Å². The SMILES string of the molecule is c1ccc(-c2cc(-c3ccccc3)cc(-c3cc(-c4ccccn4)nc(-c4cccc(-n5c6ccccc6c6cnccc65)n4)c3)c2)cc1. The molecule has 5 nitrogen and oxygen atoms in total. The third-order valence-corrected chi connectivity index (χ3v) is 8.93. The number of para-hydroxylation sites is 1. The highest BCUT2D eigenvalue weighted by molar-refractivity contribution is 6.08. The molecular weight excluding hydrogens is 599 g/mol. The second-order valence-corrected chi connectivity index (χ2v) is 12.0. The molecule has 0 N–H and O–H groups in total. The van der Waals surface area contributed by atoms with E-state index in [1.165, 1.54) is 0 Å². The van der Waals surface area contributed by atoms with Crippen molar-refractivity contribution in [1.29, 1.82) is 0 Å². The van der Waals surface area contributed by atoms with Gasteiger partial charge in [-0.05, 0) is 100 Å². The summed E-state index contributed by atoms with van der Waals surface area (Å²) in [5, 5.41) is 2.23. The van der Waals surface area contributed by atoms with Gasteiger partial charge in [-0.3, -0.25) is 14.5 Å². The number of hydrogen-bond donors (Lipinski definition) is 0. The fraction of sp³-hybridized carbons (Fsp3) is 0. The van der Waals surface area contributed by atoms with Crippen molar-refractivity contribution in [3.8, 4) is 62.0 Å². The number of rotatable bonds is 6. The standard InChI is InChI=1S/C44H29N5/c1-3-12-30(13-4-1)32-24-33(31-14-5-2-6-15-31)26-34(25-32)35-27-40(38-17-9-10-22-46-38)47-41(28-35)39-18-11-20-44(48-39)49-42-19-8-7-16-36(42)37-29-45-23-21-43(37)49/h1-29H. The molecule has 5 aromatic heterocycles. The molecule has 0 aliphatic carbocycles. The van der Waals surface area contributed by atoms with E-state index in [-0.39, 0.29) is 0 Å². The molecule has 0 fully saturated rings. The Kier molecular flexibility index (Phi) is 7.06. The van der Waals surface area contributed by atoms with Crippen LogP contribution in [0.15, 0.2) is 176 Å². The summed E-state index contributed by atoms with van der Waals surface area (Å²) in [6, 6.07) is 54.6. The summed E-state index contributed by atoms with van der Waals surface area (Å²) in [6.45, 7) is 0. The predicted molar refractivity (Wildman–Crippen MR) is 199 cm³/mol. The van der Waals surface area contributed by atoms with Gasteiger partial charge in [0.1, 0.15) is 5.82 Å². The molecule has 5 heterocycles. The van der Waals surface area contributed by atoms with Crippen molar-refractivity contribution >= 4 is 21.8 Å². The Hall–Kier alpha value is -6.72. The molecule has 0 radical (unpaired) electrons. The van der Waals surface area contributed by atoms with Gasteiger partial charge in [-0.2, -0.15) is 0 Å². The summed E-state index contributed by atoms with van der Waals surface area (Å²) < 4.78 is 2.20. The molecule has 0 unspecified atom stereocenters.